The van der Waals surface area contributed by atoms with Crippen molar-refractivity contribution in [2.45, 2.75) is 18.9 Å². The summed E-state index contributed by atoms with van der Waals surface area (Å²) in [5, 5.41) is 18.3. The summed E-state index contributed by atoms with van der Waals surface area (Å²) in [6.07, 6.45) is 1.39. The first-order chi connectivity index (χ1) is 10.6. The molecule has 2 heterocycles. The van der Waals surface area contributed by atoms with Gasteiger partial charge < -0.3 is 15.8 Å². The number of likely N-dealkylation sites (tertiary alicyclic amines) is 1. The van der Waals surface area contributed by atoms with Crippen LogP contribution in [0.25, 0.3) is 0 Å². The molecule has 1 saturated heterocycles. The number of hydrogen-bond donors (Lipinski definition) is 2. The first-order valence-electron chi connectivity index (χ1n) is 6.99. The third-order valence-corrected chi connectivity index (χ3v) is 4.14. The van der Waals surface area contributed by atoms with Crippen LogP contribution in [0.3, 0.4) is 0 Å². The number of benzene rings is 1. The molecule has 7 nitrogen and oxygen atoms in total. The molecule has 2 aliphatic rings. The molecular weight excluding hydrogens is 306 g/mol. The number of hydrazone groups is 1. The van der Waals surface area contributed by atoms with Crippen molar-refractivity contribution in [2.24, 2.45) is 16.0 Å². The maximum atomic E-state index is 12.1. The van der Waals surface area contributed by atoms with E-state index in [1.54, 1.807) is 17.0 Å². The van der Waals surface area contributed by atoms with Crippen LogP contribution in [0.1, 0.15) is 18.4 Å². The zero-order valence-electron chi connectivity index (χ0n) is 11.8. The highest BCUT2D eigenvalue weighted by atomic mass is 35.5. The number of guanidine groups is 1. The molecular formula is C14H16ClN5O2. The van der Waals surface area contributed by atoms with Gasteiger partial charge in [-0.2, -0.15) is 5.10 Å². The Morgan fingerprint density at radius 2 is 2.14 bits per heavy atom. The molecule has 0 aliphatic carbocycles. The molecule has 1 atom stereocenters. The number of carbonyl (C=O) groups excluding carboxylic acids is 1. The van der Waals surface area contributed by atoms with Gasteiger partial charge in [0.25, 0.3) is 5.96 Å². The van der Waals surface area contributed by atoms with Crippen molar-refractivity contribution in [1.82, 2.24) is 9.91 Å². The molecule has 22 heavy (non-hydrogen) atoms. The molecule has 0 bridgehead atoms. The molecule has 3 rings (SSSR count). The number of nitrogens with zero attached hydrogens (tertiary/aromatic N) is 4. The summed E-state index contributed by atoms with van der Waals surface area (Å²) in [5.41, 5.74) is 7.22. The summed E-state index contributed by atoms with van der Waals surface area (Å²) in [6, 6.07) is 7.04. The Morgan fingerprint density at radius 3 is 2.73 bits per heavy atom. The fourth-order valence-electron chi connectivity index (χ4n) is 2.80. The van der Waals surface area contributed by atoms with Crippen LogP contribution in [0.2, 0.25) is 5.02 Å². The average Bonchev–Trinajstić information content (AvgIpc) is 3.13. The molecule has 1 amide bonds. The summed E-state index contributed by atoms with van der Waals surface area (Å²) >= 11 is 5.92. The van der Waals surface area contributed by atoms with Gasteiger partial charge in [-0.1, -0.05) is 23.7 Å². The first-order valence-corrected chi connectivity index (χ1v) is 7.37. The van der Waals surface area contributed by atoms with Gasteiger partial charge in [0.05, 0.1) is 18.3 Å². The summed E-state index contributed by atoms with van der Waals surface area (Å²) < 4.78 is 0. The molecule has 1 aromatic rings. The van der Waals surface area contributed by atoms with E-state index < -0.39 is 0 Å². The molecule has 3 N–H and O–H groups in total. The highest BCUT2D eigenvalue weighted by Gasteiger charge is 2.38. The highest BCUT2D eigenvalue weighted by molar-refractivity contribution is 6.30. The van der Waals surface area contributed by atoms with E-state index in [0.29, 0.717) is 24.5 Å². The van der Waals surface area contributed by atoms with Crippen LogP contribution in [0.4, 0.5) is 0 Å². The average molecular weight is 322 g/mol. The predicted molar refractivity (Wildman–Crippen MR) is 82.8 cm³/mol. The number of halogens is 1. The maximum absolute atomic E-state index is 12.1. The normalized spacial score (nSPS) is 22.4. The first kappa shape index (κ1) is 14.6. The Labute approximate surface area is 132 Å². The van der Waals surface area contributed by atoms with Crippen LogP contribution in [0.5, 0.6) is 0 Å². The van der Waals surface area contributed by atoms with E-state index in [4.69, 9.17) is 22.5 Å². The van der Waals surface area contributed by atoms with Crippen LogP contribution >= 0.6 is 11.6 Å². The predicted octanol–water partition coefficient (Wildman–Crippen LogP) is 1.05. The topological polar surface area (TPSA) is 94.5 Å². The summed E-state index contributed by atoms with van der Waals surface area (Å²) in [5.74, 6) is 0.00799. The number of amides is 1. The van der Waals surface area contributed by atoms with Crippen LogP contribution in [0.15, 0.2) is 34.5 Å². The Morgan fingerprint density at radius 1 is 1.41 bits per heavy atom. The number of hydrogen-bond acceptors (Lipinski definition) is 4. The van der Waals surface area contributed by atoms with E-state index >= 15 is 0 Å². The molecule has 0 saturated carbocycles. The lowest BCUT2D eigenvalue weighted by molar-refractivity contribution is -0.128. The quantitative estimate of drug-likeness (QED) is 0.368. The number of carbonyl (C=O) groups is 1. The SMILES string of the molecule is NC(=NO)N1CC(N2CCCC2=O)C(c2ccc(Cl)cc2)=N1. The minimum Gasteiger partial charge on any atom is -0.408 e. The Kier molecular flexibility index (Phi) is 3.89. The number of nitrogens with two attached hydrogens (primary N) is 1. The Bertz CT molecular complexity index is 643. The van der Waals surface area contributed by atoms with Gasteiger partial charge in [0.15, 0.2) is 0 Å². The standard InChI is InChI=1S/C14H16ClN5O2/c15-10-5-3-9(4-6-10)13-11(19-7-1-2-12(19)21)8-20(17-13)14(16)18-22/h3-6,11,22H,1-2,7-8H2,(H2,16,18). The number of oxime groups is 1. The molecule has 116 valence electrons. The van der Waals surface area contributed by atoms with Crippen molar-refractivity contribution >= 4 is 29.2 Å². The van der Waals surface area contributed by atoms with Crippen molar-refractivity contribution in [3.8, 4) is 0 Å². The largest absolute Gasteiger partial charge is 0.408 e. The van der Waals surface area contributed by atoms with Gasteiger partial charge in [-0.05, 0) is 23.7 Å². The molecule has 1 fully saturated rings. The van der Waals surface area contributed by atoms with Gasteiger partial charge in [0, 0.05) is 23.6 Å². The molecule has 0 aromatic heterocycles. The van der Waals surface area contributed by atoms with E-state index in [1.807, 2.05) is 12.1 Å². The van der Waals surface area contributed by atoms with Crippen LogP contribution in [0, 0.1) is 0 Å². The van der Waals surface area contributed by atoms with Crippen LogP contribution in [-0.2, 0) is 4.79 Å². The van der Waals surface area contributed by atoms with Crippen molar-refractivity contribution < 1.29 is 10.0 Å². The monoisotopic (exact) mass is 321 g/mol. The maximum Gasteiger partial charge on any atom is 0.253 e. The van der Waals surface area contributed by atoms with Gasteiger partial charge >= 0.3 is 0 Å². The Hall–Kier alpha value is -2.28. The second kappa shape index (κ2) is 5.84. The van der Waals surface area contributed by atoms with E-state index in [9.17, 15) is 4.79 Å². The number of rotatable bonds is 2. The van der Waals surface area contributed by atoms with Gasteiger partial charge in [-0.15, -0.1) is 0 Å². The molecule has 2 aliphatic heterocycles. The van der Waals surface area contributed by atoms with Crippen molar-refractivity contribution in [2.75, 3.05) is 13.1 Å². The molecule has 8 heteroatoms. The highest BCUT2D eigenvalue weighted by Crippen LogP contribution is 2.24. The minimum atomic E-state index is -0.212. The van der Waals surface area contributed by atoms with E-state index in [1.165, 1.54) is 5.01 Å². The van der Waals surface area contributed by atoms with Gasteiger partial charge in [-0.3, -0.25) is 4.79 Å². The van der Waals surface area contributed by atoms with E-state index in [2.05, 4.69) is 10.3 Å². The van der Waals surface area contributed by atoms with Crippen molar-refractivity contribution in [1.29, 1.82) is 0 Å². The second-order valence-corrected chi connectivity index (χ2v) is 5.68. The third kappa shape index (κ3) is 2.59. The van der Waals surface area contributed by atoms with Crippen molar-refractivity contribution in [3.63, 3.8) is 0 Å². The minimum absolute atomic E-state index is 0.0967. The fourth-order valence-corrected chi connectivity index (χ4v) is 2.93. The second-order valence-electron chi connectivity index (χ2n) is 5.24. The van der Waals surface area contributed by atoms with Gasteiger partial charge in [0.1, 0.15) is 0 Å². The lowest BCUT2D eigenvalue weighted by atomic mass is 10.0. The lowest BCUT2D eigenvalue weighted by Crippen LogP contribution is -2.45. The third-order valence-electron chi connectivity index (χ3n) is 3.88. The Balaban J connectivity index is 1.96. The van der Waals surface area contributed by atoms with E-state index in [0.717, 1.165) is 17.7 Å². The lowest BCUT2D eigenvalue weighted by Gasteiger charge is -2.25. The van der Waals surface area contributed by atoms with Crippen LogP contribution < -0.4 is 5.73 Å². The molecule has 0 spiro atoms. The van der Waals surface area contributed by atoms with Crippen molar-refractivity contribution in [3.05, 3.63) is 34.9 Å². The van der Waals surface area contributed by atoms with Gasteiger partial charge in [-0.25, -0.2) is 5.01 Å². The fraction of sp³-hybridized carbons (Fsp3) is 0.357. The summed E-state index contributed by atoms with van der Waals surface area (Å²) in [6.45, 7) is 1.07. The van der Waals surface area contributed by atoms with Crippen LogP contribution in [-0.4, -0.2) is 51.8 Å². The zero-order chi connectivity index (χ0) is 15.7. The van der Waals surface area contributed by atoms with Gasteiger partial charge in [0.2, 0.25) is 5.91 Å². The molecule has 1 aromatic carbocycles. The smallest absolute Gasteiger partial charge is 0.253 e. The molecule has 0 radical (unpaired) electrons. The zero-order valence-corrected chi connectivity index (χ0v) is 12.6. The summed E-state index contributed by atoms with van der Waals surface area (Å²) in [4.78, 5) is 13.9. The van der Waals surface area contributed by atoms with E-state index in [-0.39, 0.29) is 17.9 Å². The summed E-state index contributed by atoms with van der Waals surface area (Å²) in [7, 11) is 0. The molecule has 1 unspecified atom stereocenters.